The first-order chi connectivity index (χ1) is 10.1. The van der Waals surface area contributed by atoms with Gasteiger partial charge in [-0.1, -0.05) is 65.0 Å². The average molecular weight is 304 g/mol. The van der Waals surface area contributed by atoms with Gasteiger partial charge in [-0.2, -0.15) is 0 Å². The summed E-state index contributed by atoms with van der Waals surface area (Å²) in [7, 11) is 0. The predicted octanol–water partition coefficient (Wildman–Crippen LogP) is 3.05. The molecule has 4 nitrogen and oxygen atoms in total. The molecule has 0 fully saturated rings. The lowest BCUT2D eigenvalue weighted by atomic mass is 9.94. The van der Waals surface area contributed by atoms with Crippen molar-refractivity contribution in [2.24, 2.45) is 11.3 Å². The first-order valence-electron chi connectivity index (χ1n) is 7.79. The van der Waals surface area contributed by atoms with Crippen LogP contribution in [0.1, 0.15) is 53.1 Å². The smallest absolute Gasteiger partial charge is 0.242 e. The summed E-state index contributed by atoms with van der Waals surface area (Å²) >= 11 is 0. The molecule has 0 aliphatic heterocycles. The Morgan fingerprint density at radius 3 is 1.95 bits per heavy atom. The van der Waals surface area contributed by atoms with Gasteiger partial charge in [0.1, 0.15) is 6.04 Å². The molecule has 0 bridgehead atoms. The molecular formula is C18H28N2O2. The van der Waals surface area contributed by atoms with Gasteiger partial charge in [-0.15, -0.1) is 0 Å². The van der Waals surface area contributed by atoms with E-state index >= 15 is 0 Å². The van der Waals surface area contributed by atoms with Crippen LogP contribution in [0.3, 0.4) is 0 Å². The molecule has 0 aliphatic rings. The number of carbonyl (C=O) groups excluding carboxylic acids is 2. The van der Waals surface area contributed by atoms with E-state index in [1.165, 1.54) is 0 Å². The molecule has 0 spiro atoms. The second-order valence-electron chi connectivity index (χ2n) is 7.09. The van der Waals surface area contributed by atoms with E-state index in [4.69, 9.17) is 0 Å². The van der Waals surface area contributed by atoms with Crippen LogP contribution in [0, 0.1) is 11.3 Å². The van der Waals surface area contributed by atoms with Gasteiger partial charge in [0.05, 0.1) is 6.04 Å². The summed E-state index contributed by atoms with van der Waals surface area (Å²) in [6, 6.07) is 9.25. The van der Waals surface area contributed by atoms with E-state index < -0.39 is 11.5 Å². The Labute approximate surface area is 133 Å². The van der Waals surface area contributed by atoms with Gasteiger partial charge in [-0.3, -0.25) is 9.59 Å². The second-order valence-corrected chi connectivity index (χ2v) is 7.09. The Morgan fingerprint density at radius 2 is 1.50 bits per heavy atom. The molecule has 4 heteroatoms. The van der Waals surface area contributed by atoms with Gasteiger partial charge in [0.2, 0.25) is 11.8 Å². The molecular weight excluding hydrogens is 276 g/mol. The SMILES string of the molecule is CC(NC(=O)C(C)(C)C)C(=O)NC(c1ccccc1)C(C)C. The van der Waals surface area contributed by atoms with Crippen LogP contribution in [-0.2, 0) is 9.59 Å². The summed E-state index contributed by atoms with van der Waals surface area (Å²) in [4.78, 5) is 24.3. The second kappa shape index (κ2) is 7.43. The van der Waals surface area contributed by atoms with Crippen LogP contribution < -0.4 is 10.6 Å². The summed E-state index contributed by atoms with van der Waals surface area (Å²) in [5, 5.41) is 5.80. The maximum Gasteiger partial charge on any atom is 0.242 e. The van der Waals surface area contributed by atoms with Crippen molar-refractivity contribution in [3.05, 3.63) is 35.9 Å². The minimum absolute atomic E-state index is 0.0670. The van der Waals surface area contributed by atoms with Crippen LogP contribution in [0.25, 0.3) is 0 Å². The summed E-state index contributed by atoms with van der Waals surface area (Å²) in [6.45, 7) is 11.3. The minimum Gasteiger partial charge on any atom is -0.347 e. The molecule has 1 rings (SSSR count). The lowest BCUT2D eigenvalue weighted by molar-refractivity contribution is -0.133. The highest BCUT2D eigenvalue weighted by molar-refractivity contribution is 5.89. The third-order valence-corrected chi connectivity index (χ3v) is 3.55. The topological polar surface area (TPSA) is 58.2 Å². The number of benzene rings is 1. The molecule has 2 atom stereocenters. The maximum atomic E-state index is 12.4. The molecule has 2 amide bonds. The fourth-order valence-electron chi connectivity index (χ4n) is 2.05. The lowest BCUT2D eigenvalue weighted by Crippen LogP contribution is -2.49. The van der Waals surface area contributed by atoms with E-state index in [9.17, 15) is 9.59 Å². The van der Waals surface area contributed by atoms with E-state index in [1.807, 2.05) is 51.1 Å². The van der Waals surface area contributed by atoms with Crippen LogP contribution in [0.4, 0.5) is 0 Å². The van der Waals surface area contributed by atoms with E-state index in [-0.39, 0.29) is 23.8 Å². The zero-order chi connectivity index (χ0) is 16.9. The number of hydrogen-bond acceptors (Lipinski definition) is 2. The van der Waals surface area contributed by atoms with Crippen molar-refractivity contribution >= 4 is 11.8 Å². The molecule has 2 N–H and O–H groups in total. The van der Waals surface area contributed by atoms with Crippen molar-refractivity contribution in [3.8, 4) is 0 Å². The number of rotatable bonds is 5. The zero-order valence-corrected chi connectivity index (χ0v) is 14.4. The van der Waals surface area contributed by atoms with Crippen molar-refractivity contribution in [1.29, 1.82) is 0 Å². The number of amides is 2. The first-order valence-corrected chi connectivity index (χ1v) is 7.79. The summed E-state index contributed by atoms with van der Waals surface area (Å²) in [5.74, 6) is -0.0343. The zero-order valence-electron chi connectivity index (χ0n) is 14.4. The summed E-state index contributed by atoms with van der Waals surface area (Å²) in [6.07, 6.45) is 0. The first kappa shape index (κ1) is 18.2. The van der Waals surface area contributed by atoms with Crippen LogP contribution in [0.2, 0.25) is 0 Å². The van der Waals surface area contributed by atoms with Gasteiger partial charge in [0, 0.05) is 5.41 Å². The van der Waals surface area contributed by atoms with Crippen molar-refractivity contribution in [2.45, 2.75) is 53.6 Å². The van der Waals surface area contributed by atoms with E-state index in [2.05, 4.69) is 24.5 Å². The van der Waals surface area contributed by atoms with Gasteiger partial charge >= 0.3 is 0 Å². The highest BCUT2D eigenvalue weighted by Gasteiger charge is 2.27. The fourth-order valence-corrected chi connectivity index (χ4v) is 2.05. The number of hydrogen-bond donors (Lipinski definition) is 2. The van der Waals surface area contributed by atoms with Crippen molar-refractivity contribution < 1.29 is 9.59 Å². The van der Waals surface area contributed by atoms with Crippen LogP contribution in [0.5, 0.6) is 0 Å². The Balaban J connectivity index is 2.74. The van der Waals surface area contributed by atoms with E-state index in [0.29, 0.717) is 0 Å². The maximum absolute atomic E-state index is 12.4. The van der Waals surface area contributed by atoms with Crippen molar-refractivity contribution in [3.63, 3.8) is 0 Å². The van der Waals surface area contributed by atoms with Gasteiger partial charge in [-0.25, -0.2) is 0 Å². The summed E-state index contributed by atoms with van der Waals surface area (Å²) in [5.41, 5.74) is 0.561. The molecule has 0 aliphatic carbocycles. The summed E-state index contributed by atoms with van der Waals surface area (Å²) < 4.78 is 0. The molecule has 1 aromatic rings. The van der Waals surface area contributed by atoms with E-state index in [1.54, 1.807) is 6.92 Å². The van der Waals surface area contributed by atoms with Crippen LogP contribution >= 0.6 is 0 Å². The van der Waals surface area contributed by atoms with Gasteiger partial charge in [0.25, 0.3) is 0 Å². The highest BCUT2D eigenvalue weighted by Crippen LogP contribution is 2.21. The molecule has 22 heavy (non-hydrogen) atoms. The third kappa shape index (κ3) is 5.17. The molecule has 0 saturated carbocycles. The third-order valence-electron chi connectivity index (χ3n) is 3.55. The van der Waals surface area contributed by atoms with Gasteiger partial charge in [0.15, 0.2) is 0 Å². The van der Waals surface area contributed by atoms with Gasteiger partial charge < -0.3 is 10.6 Å². The molecule has 0 aromatic heterocycles. The highest BCUT2D eigenvalue weighted by atomic mass is 16.2. The molecule has 0 saturated heterocycles. The van der Waals surface area contributed by atoms with Crippen LogP contribution in [-0.4, -0.2) is 17.9 Å². The van der Waals surface area contributed by atoms with Crippen molar-refractivity contribution in [2.75, 3.05) is 0 Å². The van der Waals surface area contributed by atoms with Crippen LogP contribution in [0.15, 0.2) is 30.3 Å². The number of nitrogens with one attached hydrogen (secondary N) is 2. The minimum atomic E-state index is -0.559. The average Bonchev–Trinajstić information content (AvgIpc) is 2.43. The Kier molecular flexibility index (Phi) is 6.15. The molecule has 2 unspecified atom stereocenters. The Hall–Kier alpha value is -1.84. The monoisotopic (exact) mass is 304 g/mol. The molecule has 1 aromatic carbocycles. The fraction of sp³-hybridized carbons (Fsp3) is 0.556. The van der Waals surface area contributed by atoms with Crippen molar-refractivity contribution in [1.82, 2.24) is 10.6 Å². The molecule has 0 heterocycles. The lowest BCUT2D eigenvalue weighted by Gasteiger charge is -2.26. The van der Waals surface area contributed by atoms with Gasteiger partial charge in [-0.05, 0) is 18.4 Å². The number of carbonyl (C=O) groups is 2. The molecule has 0 radical (unpaired) electrons. The predicted molar refractivity (Wildman–Crippen MR) is 89.2 cm³/mol. The van der Waals surface area contributed by atoms with E-state index in [0.717, 1.165) is 5.56 Å². The standard InChI is InChI=1S/C18H28N2O2/c1-12(2)15(14-10-8-7-9-11-14)20-16(21)13(3)19-17(22)18(4,5)6/h7-13,15H,1-6H3,(H,19,22)(H,20,21). The Morgan fingerprint density at radius 1 is 0.955 bits per heavy atom. The quantitative estimate of drug-likeness (QED) is 0.878. The Bertz CT molecular complexity index is 504. The normalized spacial score (nSPS) is 14.3. The largest absolute Gasteiger partial charge is 0.347 e. The molecule has 122 valence electrons.